The molecule has 0 N–H and O–H groups in total. The Morgan fingerprint density at radius 1 is 1.42 bits per heavy atom. The molecule has 3 atom stereocenters. The van der Waals surface area contributed by atoms with Crippen molar-refractivity contribution in [1.29, 1.82) is 0 Å². The van der Waals surface area contributed by atoms with Crippen molar-refractivity contribution in [3.05, 3.63) is 12.3 Å². The Hall–Kier alpha value is -0.613. The lowest BCUT2D eigenvalue weighted by Gasteiger charge is -2.48. The highest BCUT2D eigenvalue weighted by Crippen LogP contribution is 2.45. The molecule has 0 spiro atoms. The highest BCUT2D eigenvalue weighted by molar-refractivity contribution is 6.74. The van der Waals surface area contributed by atoms with Crippen LogP contribution in [0.25, 0.3) is 0 Å². The maximum Gasteiger partial charge on any atom is 0.234 e. The minimum Gasteiger partial charge on any atom is -0.413 e. The molecular weight excluding hydrogens is 254 g/mol. The summed E-state index contributed by atoms with van der Waals surface area (Å²) in [7, 11) is -1.83. The van der Waals surface area contributed by atoms with Crippen molar-refractivity contribution in [2.45, 2.75) is 70.8 Å². The van der Waals surface area contributed by atoms with Crippen LogP contribution in [0.2, 0.25) is 18.1 Å². The summed E-state index contributed by atoms with van der Waals surface area (Å²) in [5, 5.41) is 0.163. The fourth-order valence-electron chi connectivity index (χ4n) is 2.84. The van der Waals surface area contributed by atoms with Crippen molar-refractivity contribution in [3.63, 3.8) is 0 Å². The highest BCUT2D eigenvalue weighted by atomic mass is 28.4. The molecule has 0 aromatic rings. The first-order valence-electron chi connectivity index (χ1n) is 7.14. The van der Waals surface area contributed by atoms with Gasteiger partial charge in [-0.2, -0.15) is 0 Å². The molecule has 0 aromatic carbocycles. The molecule has 2 fully saturated rings. The second-order valence-corrected chi connectivity index (χ2v) is 12.1. The molecule has 0 aromatic heterocycles. The summed E-state index contributed by atoms with van der Waals surface area (Å²) < 4.78 is 6.34. The maximum absolute atomic E-state index is 12.2. The zero-order valence-electron chi connectivity index (χ0n) is 12.9. The smallest absolute Gasteiger partial charge is 0.234 e. The number of rotatable bonds is 3. The molecule has 2 aliphatic heterocycles. The van der Waals surface area contributed by atoms with Crippen molar-refractivity contribution in [1.82, 2.24) is 4.90 Å². The van der Waals surface area contributed by atoms with Crippen LogP contribution < -0.4 is 0 Å². The summed E-state index contributed by atoms with van der Waals surface area (Å²) in [6.07, 6.45) is 1.64. The van der Waals surface area contributed by atoms with Crippen LogP contribution in [0.1, 0.15) is 40.5 Å². The van der Waals surface area contributed by atoms with Gasteiger partial charge in [0, 0.05) is 12.3 Å². The topological polar surface area (TPSA) is 29.5 Å². The zero-order chi connectivity index (χ0) is 14.6. The van der Waals surface area contributed by atoms with Crippen LogP contribution in [0, 0.1) is 12.5 Å². The van der Waals surface area contributed by atoms with E-state index in [4.69, 9.17) is 11.0 Å². The SMILES string of the molecule is [C]=C1CC[C@@H]2C([C@@H](C)O[Si](C)(C)C(C)(C)C)C(=O)N12. The van der Waals surface area contributed by atoms with E-state index < -0.39 is 8.32 Å². The van der Waals surface area contributed by atoms with Gasteiger partial charge in [-0.15, -0.1) is 0 Å². The molecule has 2 heterocycles. The molecule has 0 aliphatic carbocycles. The Balaban J connectivity index is 2.05. The Morgan fingerprint density at radius 3 is 2.53 bits per heavy atom. The average molecular weight is 279 g/mol. The number of carbonyl (C=O) groups is 1. The second-order valence-electron chi connectivity index (χ2n) is 7.37. The predicted molar refractivity (Wildman–Crippen MR) is 77.9 cm³/mol. The van der Waals surface area contributed by atoms with Crippen molar-refractivity contribution in [2.75, 3.05) is 0 Å². The van der Waals surface area contributed by atoms with Crippen LogP contribution in [0.3, 0.4) is 0 Å². The van der Waals surface area contributed by atoms with Gasteiger partial charge >= 0.3 is 0 Å². The Kier molecular flexibility index (Phi) is 3.46. The lowest BCUT2D eigenvalue weighted by atomic mass is 9.84. The monoisotopic (exact) mass is 279 g/mol. The minimum absolute atomic E-state index is 0.0273. The summed E-state index contributed by atoms with van der Waals surface area (Å²) in [6, 6.07) is 0.222. The molecule has 0 bridgehead atoms. The van der Waals surface area contributed by atoms with Crippen LogP contribution in [-0.4, -0.2) is 31.3 Å². The van der Waals surface area contributed by atoms with Crippen LogP contribution >= 0.6 is 0 Å². The van der Waals surface area contributed by atoms with E-state index in [1.165, 1.54) is 0 Å². The third-order valence-corrected chi connectivity index (χ3v) is 9.60. The Morgan fingerprint density at radius 2 is 2.00 bits per heavy atom. The number of nitrogens with zero attached hydrogens (tertiary/aromatic N) is 1. The normalized spacial score (nSPS) is 29.3. The van der Waals surface area contributed by atoms with E-state index in [1.54, 1.807) is 4.90 Å². The van der Waals surface area contributed by atoms with Gasteiger partial charge in [0.15, 0.2) is 8.32 Å². The van der Waals surface area contributed by atoms with E-state index in [-0.39, 0.29) is 29.0 Å². The molecule has 1 unspecified atom stereocenters. The summed E-state index contributed by atoms with van der Waals surface area (Å²) in [5.41, 5.74) is 0.491. The van der Waals surface area contributed by atoms with Gasteiger partial charge in [0.1, 0.15) is 0 Å². The fraction of sp³-hybridized carbons (Fsp3) is 0.800. The molecular formula is C15H25NO2Si. The van der Waals surface area contributed by atoms with Crippen LogP contribution in [0.5, 0.6) is 0 Å². The molecule has 2 radical (unpaired) electrons. The van der Waals surface area contributed by atoms with E-state index in [2.05, 4.69) is 33.9 Å². The second kappa shape index (κ2) is 4.45. The van der Waals surface area contributed by atoms with Gasteiger partial charge in [0.2, 0.25) is 5.91 Å². The van der Waals surface area contributed by atoms with Crippen LogP contribution in [0.4, 0.5) is 0 Å². The van der Waals surface area contributed by atoms with Crippen molar-refractivity contribution in [2.24, 2.45) is 5.92 Å². The first kappa shape index (κ1) is 14.8. The number of hydrogen-bond acceptors (Lipinski definition) is 2. The Labute approximate surface area is 118 Å². The molecule has 2 aliphatic rings. The number of β-lactam (4-membered cyclic amide) rings is 1. The molecule has 106 valence electrons. The molecule has 3 nitrogen and oxygen atoms in total. The van der Waals surface area contributed by atoms with E-state index in [1.807, 2.05) is 6.92 Å². The van der Waals surface area contributed by atoms with Gasteiger partial charge in [-0.3, -0.25) is 4.79 Å². The number of hydrogen-bond donors (Lipinski definition) is 0. The summed E-state index contributed by atoms with van der Waals surface area (Å²) in [4.78, 5) is 13.8. The number of allylic oxidation sites excluding steroid dienone is 1. The van der Waals surface area contributed by atoms with E-state index in [0.717, 1.165) is 12.8 Å². The largest absolute Gasteiger partial charge is 0.413 e. The first-order valence-corrected chi connectivity index (χ1v) is 10.1. The molecule has 0 saturated carbocycles. The van der Waals surface area contributed by atoms with Crippen LogP contribution in [0.15, 0.2) is 5.70 Å². The Bertz CT molecular complexity index is 411. The standard InChI is InChI=1S/C15H25NO2Si/c1-10-8-9-12-13(14(17)16(10)12)11(2)18-19(6,7)15(3,4)5/h11-13H,8-9H2,2-7H3/t11-,12-,13?/m1/s1. The van der Waals surface area contributed by atoms with Crippen LogP contribution in [-0.2, 0) is 9.22 Å². The fourth-order valence-corrected chi connectivity index (χ4v) is 4.27. The van der Waals surface area contributed by atoms with Gasteiger partial charge in [-0.05, 0) is 37.9 Å². The van der Waals surface area contributed by atoms with Gasteiger partial charge in [0.05, 0.1) is 18.1 Å². The number of amides is 1. The molecule has 4 heteroatoms. The molecule has 2 saturated heterocycles. The first-order chi connectivity index (χ1) is 8.56. The number of fused-ring (bicyclic) bond motifs is 1. The summed E-state index contributed by atoms with van der Waals surface area (Å²) >= 11 is 0. The zero-order valence-corrected chi connectivity index (χ0v) is 13.9. The van der Waals surface area contributed by atoms with E-state index in [9.17, 15) is 4.79 Å². The van der Waals surface area contributed by atoms with Gasteiger partial charge in [-0.1, -0.05) is 20.8 Å². The number of carbonyl (C=O) groups excluding carboxylic acids is 1. The summed E-state index contributed by atoms with van der Waals surface area (Å²) in [6.45, 7) is 20.9. The predicted octanol–water partition coefficient (Wildman–Crippen LogP) is 3.21. The quantitative estimate of drug-likeness (QED) is 0.586. The van der Waals surface area contributed by atoms with Gasteiger partial charge < -0.3 is 9.33 Å². The lowest BCUT2D eigenvalue weighted by molar-refractivity contribution is -0.155. The van der Waals surface area contributed by atoms with Crippen molar-refractivity contribution >= 4 is 14.2 Å². The van der Waals surface area contributed by atoms with Gasteiger partial charge in [0.25, 0.3) is 0 Å². The highest BCUT2D eigenvalue weighted by Gasteiger charge is 2.55. The third-order valence-electron chi connectivity index (χ3n) is 5.03. The molecule has 1 amide bonds. The minimum atomic E-state index is -1.83. The van der Waals surface area contributed by atoms with E-state index >= 15 is 0 Å². The molecule has 2 rings (SSSR count). The maximum atomic E-state index is 12.2. The summed E-state index contributed by atoms with van der Waals surface area (Å²) in [5.74, 6) is 0.0654. The lowest BCUT2D eigenvalue weighted by Crippen LogP contribution is -2.62. The van der Waals surface area contributed by atoms with Crippen molar-refractivity contribution in [3.8, 4) is 0 Å². The average Bonchev–Trinajstić information content (AvgIpc) is 2.52. The van der Waals surface area contributed by atoms with E-state index in [0.29, 0.717) is 5.70 Å². The molecule has 19 heavy (non-hydrogen) atoms. The third kappa shape index (κ3) is 2.29. The van der Waals surface area contributed by atoms with Gasteiger partial charge in [-0.25, -0.2) is 0 Å². The van der Waals surface area contributed by atoms with Crippen molar-refractivity contribution < 1.29 is 9.22 Å².